The van der Waals surface area contributed by atoms with Gasteiger partial charge < -0.3 is 5.48 Å². The van der Waals surface area contributed by atoms with E-state index in [9.17, 15) is 0 Å². The van der Waals surface area contributed by atoms with E-state index in [2.05, 4.69) is 12.6 Å². The van der Waals surface area contributed by atoms with Crippen molar-refractivity contribution in [3.8, 4) is 0 Å². The molecule has 0 fully saturated rings. The van der Waals surface area contributed by atoms with Gasteiger partial charge in [0.1, 0.15) is 0 Å². The number of hydrogen-bond acceptors (Lipinski definition) is 1. The van der Waals surface area contributed by atoms with Gasteiger partial charge in [-0.1, -0.05) is 0 Å². The Hall–Kier alpha value is 1.57. The largest absolute Gasteiger partial charge is 0.870 e. The average molecular weight is 106 g/mol. The molecule has 24 valence electrons. The molecule has 0 aliphatic carbocycles. The summed E-state index contributed by atoms with van der Waals surface area (Å²) in [6, 6.07) is 0. The maximum Gasteiger partial charge on any atom is 0.0929 e. The summed E-state index contributed by atoms with van der Waals surface area (Å²) in [6.07, 6.45) is 1.81. The third-order valence-corrected chi connectivity index (χ3v) is 0. The van der Waals surface area contributed by atoms with Crippen LogP contribution in [0.3, 0.4) is 0 Å². The predicted octanol–water partition coefficient (Wildman–Crippen LogP) is -0.930. The predicted molar refractivity (Wildman–Crippen MR) is 23.8 cm³/mol. The molecule has 0 aromatic carbocycles. The zero-order valence-electron chi connectivity index (χ0n) is 2.65. The summed E-state index contributed by atoms with van der Waals surface area (Å²) in [5.74, 6) is 0. The van der Waals surface area contributed by atoms with Gasteiger partial charge in [0.2, 0.25) is 0 Å². The monoisotopic (exact) mass is 106 g/mol. The summed E-state index contributed by atoms with van der Waals surface area (Å²) in [7, 11) is 0. The van der Waals surface area contributed by atoms with Crippen LogP contribution in [0.15, 0.2) is 0 Å². The molecule has 0 aliphatic heterocycles. The van der Waals surface area contributed by atoms with Gasteiger partial charge in [-0.25, -0.2) is 0 Å². The molecule has 1 N–H and O–H groups in total. The van der Waals surface area contributed by atoms with Crippen LogP contribution >= 0.6 is 0 Å². The second kappa shape index (κ2) is 23.6. The van der Waals surface area contributed by atoms with Crippen LogP contribution in [-0.2, 0) is 12.6 Å². The van der Waals surface area contributed by atoms with Crippen LogP contribution < -0.4 is 0 Å². The Morgan fingerprint density at radius 2 is 1.25 bits per heavy atom. The van der Waals surface area contributed by atoms with Crippen LogP contribution in [0.2, 0.25) is 0 Å². The van der Waals surface area contributed by atoms with Crippen molar-refractivity contribution in [1.29, 1.82) is 0 Å². The summed E-state index contributed by atoms with van der Waals surface area (Å²) >= 11 is 2.97. The molecule has 0 saturated carbocycles. The van der Waals surface area contributed by atoms with Crippen LogP contribution in [0.5, 0.6) is 0 Å². The molecule has 1 nitrogen and oxygen atoms in total. The van der Waals surface area contributed by atoms with E-state index in [-0.39, 0.29) is 43.2 Å². The zero-order valence-corrected chi connectivity index (χ0v) is 5.86. The van der Waals surface area contributed by atoms with E-state index in [1.165, 1.54) is 0 Å². The summed E-state index contributed by atoms with van der Waals surface area (Å²) < 4.78 is 0. The molecule has 0 rings (SSSR count). The molecule has 0 atom stereocenters. The van der Waals surface area contributed by atoms with Crippen molar-refractivity contribution in [2.24, 2.45) is 0 Å². The number of rotatable bonds is 0. The molecular weight excluding hydrogens is 100 g/mol. The van der Waals surface area contributed by atoms with Gasteiger partial charge >= 0.3 is 0 Å². The van der Waals surface area contributed by atoms with Gasteiger partial charge in [-0.3, -0.25) is 0 Å². The molecule has 0 amide bonds. The van der Waals surface area contributed by atoms with E-state index in [1.54, 1.807) is 6.26 Å². The Kier molecular flexibility index (Phi) is 104. The van der Waals surface area contributed by atoms with E-state index in [1.807, 2.05) is 0 Å². The van der Waals surface area contributed by atoms with Gasteiger partial charge in [-0.2, -0.15) is 0 Å². The Bertz CT molecular complexity index is 8.00. The normalized spacial score (nSPS) is 1.50. The standard InChI is InChI=1S/CH4S.Ca.H2O/c1-2;;/h2H,1H3;;1H2. The van der Waals surface area contributed by atoms with Gasteiger partial charge in [0.15, 0.2) is 0 Å². The van der Waals surface area contributed by atoms with E-state index < -0.39 is 0 Å². The topological polar surface area (TPSA) is 30.0 Å². The molecule has 0 unspecified atom stereocenters. The van der Waals surface area contributed by atoms with Gasteiger partial charge in [-0.15, -0.1) is 0 Å². The molecule has 0 aromatic rings. The third kappa shape index (κ3) is 9.57. The summed E-state index contributed by atoms with van der Waals surface area (Å²) in [5, 5.41) is 0. The second-order valence-electron chi connectivity index (χ2n) is 0. The molecule has 0 aliphatic rings. The Morgan fingerprint density at radius 3 is 1.25 bits per heavy atom. The van der Waals surface area contributed by atoms with Gasteiger partial charge in [-0.05, 0) is 12.6 Å². The van der Waals surface area contributed by atoms with Crippen LogP contribution in [-0.4, -0.2) is 49.5 Å². The van der Waals surface area contributed by atoms with E-state index in [0.717, 1.165) is 0 Å². The Morgan fingerprint density at radius 1 is 1.25 bits per heavy atom. The van der Waals surface area contributed by atoms with Crippen molar-refractivity contribution in [2.75, 3.05) is 6.26 Å². The molecule has 0 spiro atoms. The first kappa shape index (κ1) is 17.6. The summed E-state index contributed by atoms with van der Waals surface area (Å²) in [6.45, 7) is 0. The fraction of sp³-hybridized carbons (Fsp3) is 1.00. The molecule has 0 heterocycles. The SMILES string of the molecule is C[SH2+].[Ca].[OH-]. The van der Waals surface area contributed by atoms with E-state index in [0.29, 0.717) is 0 Å². The molecule has 0 saturated heterocycles. The van der Waals surface area contributed by atoms with Crippen molar-refractivity contribution >= 4 is 50.4 Å². The quantitative estimate of drug-likeness (QED) is 0.290. The van der Waals surface area contributed by atoms with Crippen LogP contribution in [0, 0.1) is 0 Å². The van der Waals surface area contributed by atoms with Crippen molar-refractivity contribution < 1.29 is 5.48 Å². The molecule has 2 radical (unpaired) electrons. The number of hydrogen-bond donors (Lipinski definition) is 0. The van der Waals surface area contributed by atoms with Crippen molar-refractivity contribution in [3.63, 3.8) is 0 Å². The fourth-order valence-corrected chi connectivity index (χ4v) is 0. The minimum Gasteiger partial charge on any atom is -0.870 e. The first-order valence-corrected chi connectivity index (χ1v) is 1.50. The van der Waals surface area contributed by atoms with Crippen LogP contribution in [0.25, 0.3) is 0 Å². The average Bonchev–Trinajstić information content (AvgIpc) is 1.00. The van der Waals surface area contributed by atoms with Crippen molar-refractivity contribution in [2.45, 2.75) is 0 Å². The first-order valence-electron chi connectivity index (χ1n) is 0.500. The molecular formula is CH6CaOS. The van der Waals surface area contributed by atoms with Gasteiger partial charge in [0.25, 0.3) is 0 Å². The van der Waals surface area contributed by atoms with Gasteiger partial charge in [0.05, 0.1) is 6.26 Å². The smallest absolute Gasteiger partial charge is 0.0929 e. The van der Waals surface area contributed by atoms with E-state index in [4.69, 9.17) is 0 Å². The van der Waals surface area contributed by atoms with E-state index >= 15 is 0 Å². The Labute approximate surface area is 61.5 Å². The zero-order chi connectivity index (χ0) is 2.00. The molecule has 3 heteroatoms. The van der Waals surface area contributed by atoms with Crippen LogP contribution in [0.4, 0.5) is 0 Å². The summed E-state index contributed by atoms with van der Waals surface area (Å²) in [5.41, 5.74) is 0. The molecule has 0 bridgehead atoms. The minimum atomic E-state index is 0. The maximum atomic E-state index is 2.97. The fourth-order valence-electron chi connectivity index (χ4n) is 0. The summed E-state index contributed by atoms with van der Waals surface area (Å²) in [4.78, 5) is 0. The molecule has 0 aromatic heterocycles. The minimum absolute atomic E-state index is 0. The second-order valence-corrected chi connectivity index (χ2v) is 0. The van der Waals surface area contributed by atoms with Crippen molar-refractivity contribution in [1.82, 2.24) is 0 Å². The first-order chi connectivity index (χ1) is 1.00. The molecule has 4 heavy (non-hydrogen) atoms. The Balaban J connectivity index is -0.00000000500. The third-order valence-electron chi connectivity index (χ3n) is 0. The maximum absolute atomic E-state index is 2.97. The van der Waals surface area contributed by atoms with Crippen molar-refractivity contribution in [3.05, 3.63) is 0 Å². The van der Waals surface area contributed by atoms with Crippen LogP contribution in [0.1, 0.15) is 0 Å². The van der Waals surface area contributed by atoms with Gasteiger partial charge in [0, 0.05) is 37.7 Å².